The smallest absolute Gasteiger partial charge is 0.313 e. The monoisotopic (exact) mass is 508 g/mol. The van der Waals surface area contributed by atoms with Gasteiger partial charge in [-0.15, -0.1) is 0 Å². The Labute approximate surface area is 223 Å². The third-order valence-corrected chi connectivity index (χ3v) is 10.3. The van der Waals surface area contributed by atoms with Crippen LogP contribution >= 0.6 is 0 Å². The highest BCUT2D eigenvalue weighted by Gasteiger charge is 2.40. The molecule has 3 aliphatic carbocycles. The molecular formula is C34H46F2O. The van der Waals surface area contributed by atoms with Crippen LogP contribution in [0.15, 0.2) is 24.3 Å². The van der Waals surface area contributed by atoms with Crippen molar-refractivity contribution in [3.05, 3.63) is 68.8 Å². The number of halogens is 2. The SMILES string of the molecule is Cc1cc(C2CCC(OC(F)(F)c3c(C)cc(C4CCC(C5CCC5)CC4)cc3C)CC2)cc(C)c1C. The van der Waals surface area contributed by atoms with Crippen LogP contribution in [0.3, 0.4) is 0 Å². The summed E-state index contributed by atoms with van der Waals surface area (Å²) in [5.41, 5.74) is 8.05. The summed E-state index contributed by atoms with van der Waals surface area (Å²) in [6, 6.07) is 8.65. The molecule has 0 spiro atoms. The third kappa shape index (κ3) is 5.68. The Morgan fingerprint density at radius 2 is 1.03 bits per heavy atom. The molecule has 3 saturated carbocycles. The maximum absolute atomic E-state index is 15.6. The lowest BCUT2D eigenvalue weighted by Crippen LogP contribution is -2.30. The molecule has 0 unspecified atom stereocenters. The van der Waals surface area contributed by atoms with E-state index in [-0.39, 0.29) is 11.7 Å². The first-order valence-corrected chi connectivity index (χ1v) is 14.9. The molecule has 3 heteroatoms. The normalized spacial score (nSPS) is 27.2. The molecule has 0 N–H and O–H groups in total. The summed E-state index contributed by atoms with van der Waals surface area (Å²) in [6.07, 6.45) is 8.82. The Morgan fingerprint density at radius 1 is 0.595 bits per heavy atom. The quantitative estimate of drug-likeness (QED) is 0.377. The Kier molecular flexibility index (Phi) is 7.83. The zero-order valence-electron chi connectivity index (χ0n) is 23.6. The minimum absolute atomic E-state index is 0.0892. The van der Waals surface area contributed by atoms with Crippen LogP contribution in [0.25, 0.3) is 0 Å². The minimum atomic E-state index is -3.25. The number of hydrogen-bond acceptors (Lipinski definition) is 1. The first-order chi connectivity index (χ1) is 17.6. The highest BCUT2D eigenvalue weighted by Crippen LogP contribution is 2.46. The Bertz CT molecular complexity index is 1050. The molecule has 0 saturated heterocycles. The molecule has 5 rings (SSSR count). The van der Waals surface area contributed by atoms with Gasteiger partial charge in [-0.05, 0) is 149 Å². The van der Waals surface area contributed by atoms with E-state index in [0.717, 1.165) is 24.7 Å². The van der Waals surface area contributed by atoms with Gasteiger partial charge in [-0.2, -0.15) is 8.78 Å². The molecule has 202 valence electrons. The highest BCUT2D eigenvalue weighted by atomic mass is 19.3. The van der Waals surface area contributed by atoms with Crippen LogP contribution in [0.5, 0.6) is 0 Å². The van der Waals surface area contributed by atoms with E-state index in [9.17, 15) is 0 Å². The average molecular weight is 509 g/mol. The number of hydrogen-bond donors (Lipinski definition) is 0. The van der Waals surface area contributed by atoms with Gasteiger partial charge < -0.3 is 4.74 Å². The first-order valence-electron chi connectivity index (χ1n) is 14.9. The molecule has 0 aliphatic heterocycles. The van der Waals surface area contributed by atoms with Crippen LogP contribution in [0.4, 0.5) is 8.78 Å². The van der Waals surface area contributed by atoms with Crippen molar-refractivity contribution in [1.29, 1.82) is 0 Å². The standard InChI is InChI=1S/C34H46F2O/c1-21-17-30(18-22(2)25(21)5)29-13-15-32(16-14-29)37-34(35,36)33-23(3)19-31(20-24(33)4)28-11-9-27(10-12-28)26-7-6-8-26/h17-20,26-29,32H,6-16H2,1-5H3. The lowest BCUT2D eigenvalue weighted by atomic mass is 9.67. The number of rotatable bonds is 6. The van der Waals surface area contributed by atoms with Crippen LogP contribution in [0.2, 0.25) is 0 Å². The molecule has 0 atom stereocenters. The van der Waals surface area contributed by atoms with Crippen LogP contribution in [0.1, 0.15) is 127 Å². The second-order valence-corrected chi connectivity index (χ2v) is 12.7. The molecule has 3 aliphatic rings. The van der Waals surface area contributed by atoms with Crippen molar-refractivity contribution in [2.45, 2.75) is 129 Å². The summed E-state index contributed by atoms with van der Waals surface area (Å²) >= 11 is 0. The van der Waals surface area contributed by atoms with Gasteiger partial charge in [-0.25, -0.2) is 0 Å². The first kappa shape index (κ1) is 26.9. The Morgan fingerprint density at radius 3 is 1.49 bits per heavy atom. The molecule has 1 nitrogen and oxygen atoms in total. The summed E-state index contributed by atoms with van der Waals surface area (Å²) in [5, 5.41) is 0. The second kappa shape index (κ2) is 10.8. The van der Waals surface area contributed by atoms with Gasteiger partial charge in [0.25, 0.3) is 0 Å². The summed E-state index contributed by atoms with van der Waals surface area (Å²) in [5.74, 6) is 2.82. The van der Waals surface area contributed by atoms with Crippen LogP contribution < -0.4 is 0 Å². The largest absolute Gasteiger partial charge is 0.384 e. The number of ether oxygens (including phenoxy) is 1. The van der Waals surface area contributed by atoms with E-state index in [1.807, 2.05) is 26.0 Å². The summed E-state index contributed by atoms with van der Waals surface area (Å²) in [4.78, 5) is 0. The van der Waals surface area contributed by atoms with Crippen molar-refractivity contribution in [2.24, 2.45) is 11.8 Å². The van der Waals surface area contributed by atoms with Crippen LogP contribution in [0, 0.1) is 46.5 Å². The van der Waals surface area contributed by atoms with Crippen molar-refractivity contribution in [2.75, 3.05) is 0 Å². The minimum Gasteiger partial charge on any atom is -0.313 e. The van der Waals surface area contributed by atoms with Crippen molar-refractivity contribution >= 4 is 0 Å². The molecule has 2 aromatic carbocycles. The van der Waals surface area contributed by atoms with Gasteiger partial charge in [0.1, 0.15) is 0 Å². The molecule has 0 heterocycles. The van der Waals surface area contributed by atoms with Gasteiger partial charge in [-0.3, -0.25) is 0 Å². The predicted octanol–water partition coefficient (Wildman–Crippen LogP) is 10.1. The second-order valence-electron chi connectivity index (χ2n) is 12.7. The molecule has 37 heavy (non-hydrogen) atoms. The zero-order valence-corrected chi connectivity index (χ0v) is 23.6. The van der Waals surface area contributed by atoms with E-state index in [4.69, 9.17) is 4.74 Å². The van der Waals surface area contributed by atoms with Gasteiger partial charge in [0.05, 0.1) is 11.7 Å². The lowest BCUT2D eigenvalue weighted by Gasteiger charge is -2.38. The van der Waals surface area contributed by atoms with Crippen molar-refractivity contribution in [1.82, 2.24) is 0 Å². The van der Waals surface area contributed by atoms with E-state index in [2.05, 4.69) is 32.9 Å². The van der Waals surface area contributed by atoms with E-state index >= 15 is 8.78 Å². The molecule has 3 fully saturated rings. The molecule has 0 amide bonds. The van der Waals surface area contributed by atoms with E-state index in [1.165, 1.54) is 72.8 Å². The molecular weight excluding hydrogens is 462 g/mol. The fourth-order valence-corrected chi connectivity index (χ4v) is 7.61. The third-order valence-electron chi connectivity index (χ3n) is 10.3. The van der Waals surface area contributed by atoms with Gasteiger partial charge in [0, 0.05) is 0 Å². The molecule has 0 radical (unpaired) electrons. The maximum atomic E-state index is 15.6. The number of alkyl halides is 2. The maximum Gasteiger partial charge on any atom is 0.384 e. The predicted molar refractivity (Wildman–Crippen MR) is 149 cm³/mol. The van der Waals surface area contributed by atoms with Gasteiger partial charge in [0.2, 0.25) is 0 Å². The molecule has 2 aromatic rings. The lowest BCUT2D eigenvalue weighted by molar-refractivity contribution is -0.277. The van der Waals surface area contributed by atoms with Gasteiger partial charge in [0.15, 0.2) is 0 Å². The Balaban J connectivity index is 1.21. The van der Waals surface area contributed by atoms with E-state index < -0.39 is 6.11 Å². The van der Waals surface area contributed by atoms with Crippen LogP contribution in [-0.4, -0.2) is 6.10 Å². The zero-order chi connectivity index (χ0) is 26.3. The van der Waals surface area contributed by atoms with Crippen LogP contribution in [-0.2, 0) is 10.8 Å². The van der Waals surface area contributed by atoms with Crippen molar-refractivity contribution in [3.63, 3.8) is 0 Å². The highest BCUT2D eigenvalue weighted by molar-refractivity contribution is 5.41. The fraction of sp³-hybridized carbons (Fsp3) is 0.647. The van der Waals surface area contributed by atoms with E-state index in [0.29, 0.717) is 35.8 Å². The number of aryl methyl sites for hydroxylation is 4. The summed E-state index contributed by atoms with van der Waals surface area (Å²) in [6.45, 7) is 10.2. The average Bonchev–Trinajstić information content (AvgIpc) is 2.81. The van der Waals surface area contributed by atoms with Crippen molar-refractivity contribution < 1.29 is 13.5 Å². The van der Waals surface area contributed by atoms with E-state index in [1.54, 1.807) is 0 Å². The topological polar surface area (TPSA) is 9.23 Å². The summed E-state index contributed by atoms with van der Waals surface area (Å²) < 4.78 is 36.7. The van der Waals surface area contributed by atoms with Gasteiger partial charge >= 0.3 is 6.11 Å². The molecule has 0 aromatic heterocycles. The Hall–Kier alpha value is -1.74. The molecule has 0 bridgehead atoms. The fourth-order valence-electron chi connectivity index (χ4n) is 7.61. The number of benzene rings is 2. The summed E-state index contributed by atoms with van der Waals surface area (Å²) in [7, 11) is 0. The van der Waals surface area contributed by atoms with Crippen molar-refractivity contribution in [3.8, 4) is 0 Å². The van der Waals surface area contributed by atoms with Gasteiger partial charge in [-0.1, -0.05) is 43.5 Å².